The number of piperidine rings is 1. The highest BCUT2D eigenvalue weighted by atomic mass is 32.2. The molecule has 2 aromatic carbocycles. The molecule has 2 heterocycles. The van der Waals surface area contributed by atoms with Gasteiger partial charge in [-0.15, -0.1) is 0 Å². The minimum atomic E-state index is -3.30. The predicted octanol–water partition coefficient (Wildman–Crippen LogP) is 4.77. The first-order chi connectivity index (χ1) is 15.4. The van der Waals surface area contributed by atoms with Gasteiger partial charge < -0.3 is 5.32 Å². The fourth-order valence-corrected chi connectivity index (χ4v) is 4.80. The number of rotatable bonds is 6. The lowest BCUT2D eigenvalue weighted by Crippen LogP contribution is -2.26. The second-order valence-corrected chi connectivity index (χ2v) is 10.3. The molecule has 1 saturated heterocycles. The summed E-state index contributed by atoms with van der Waals surface area (Å²) in [6.07, 6.45) is 7.17. The van der Waals surface area contributed by atoms with Crippen LogP contribution in [0.2, 0.25) is 0 Å². The number of hydrogen-bond acceptors (Lipinski definition) is 5. The average molecular weight is 449 g/mol. The molecule has 0 aliphatic carbocycles. The number of allylic oxidation sites excluding steroid dienone is 1. The normalized spacial score (nSPS) is 15.6. The fourth-order valence-electron chi connectivity index (χ4n) is 4.14. The van der Waals surface area contributed by atoms with Crippen LogP contribution in [-0.4, -0.2) is 44.3 Å². The Labute approximate surface area is 189 Å². The van der Waals surface area contributed by atoms with Gasteiger partial charge in [-0.05, 0) is 79.9 Å². The molecule has 0 atom stereocenters. The Hall–Kier alpha value is -3.03. The molecule has 1 aliphatic heterocycles. The molecule has 1 aliphatic rings. The third-order valence-electron chi connectivity index (χ3n) is 5.98. The van der Waals surface area contributed by atoms with E-state index in [1.165, 1.54) is 24.7 Å². The van der Waals surface area contributed by atoms with Gasteiger partial charge in [0, 0.05) is 18.0 Å². The van der Waals surface area contributed by atoms with E-state index in [-0.39, 0.29) is 4.90 Å². The number of aromatic nitrogens is 2. The number of nitrogens with zero attached hydrogens (tertiary/aromatic N) is 3. The second kappa shape index (κ2) is 9.22. The zero-order valence-electron chi connectivity index (χ0n) is 18.5. The number of aliphatic imine (C=N–C) groups is 1. The molecule has 1 fully saturated rings. The molecule has 0 unspecified atom stereocenters. The first-order valence-electron chi connectivity index (χ1n) is 10.7. The molecule has 0 spiro atoms. The van der Waals surface area contributed by atoms with Gasteiger partial charge in [0.2, 0.25) is 0 Å². The molecular weight excluding hydrogens is 420 g/mol. The van der Waals surface area contributed by atoms with Crippen LogP contribution >= 0.6 is 0 Å². The van der Waals surface area contributed by atoms with E-state index in [9.17, 15) is 8.42 Å². The van der Waals surface area contributed by atoms with E-state index in [0.29, 0.717) is 11.7 Å². The Morgan fingerprint density at radius 2 is 1.91 bits per heavy atom. The lowest BCUT2D eigenvalue weighted by Gasteiger charge is -2.23. The van der Waals surface area contributed by atoms with Crippen LogP contribution in [0.1, 0.15) is 36.8 Å². The zero-order chi connectivity index (χ0) is 22.7. The van der Waals surface area contributed by atoms with E-state index in [2.05, 4.69) is 46.4 Å². The predicted molar refractivity (Wildman–Crippen MR) is 131 cm³/mol. The third kappa shape index (κ3) is 4.74. The summed E-state index contributed by atoms with van der Waals surface area (Å²) in [4.78, 5) is 4.43. The van der Waals surface area contributed by atoms with Crippen molar-refractivity contribution in [3.63, 3.8) is 0 Å². The lowest BCUT2D eigenvalue weighted by atomic mass is 9.89. The molecular formula is C25H28N4O2S. The number of hydrogen-bond donors (Lipinski definition) is 1. The molecule has 0 radical (unpaired) electrons. The summed E-state index contributed by atoms with van der Waals surface area (Å²) >= 11 is 0. The lowest BCUT2D eigenvalue weighted by molar-refractivity contribution is 0.460. The SMILES string of the molecule is C=Nc1c(-c2cccc(S(C)(=O)=O)c2)cnn1/C=C(\C)c1ccc(C2CCNCC2)cc1. The molecule has 4 rings (SSSR count). The van der Waals surface area contributed by atoms with E-state index in [4.69, 9.17) is 0 Å². The fraction of sp³-hybridized carbons (Fsp3) is 0.280. The van der Waals surface area contributed by atoms with Crippen molar-refractivity contribution in [2.45, 2.75) is 30.6 Å². The monoisotopic (exact) mass is 448 g/mol. The minimum Gasteiger partial charge on any atom is -0.317 e. The molecule has 1 aromatic heterocycles. The molecule has 0 saturated carbocycles. The van der Waals surface area contributed by atoms with Crippen molar-refractivity contribution < 1.29 is 8.42 Å². The van der Waals surface area contributed by atoms with Crippen molar-refractivity contribution in [2.24, 2.45) is 4.99 Å². The summed E-state index contributed by atoms with van der Waals surface area (Å²) in [7, 11) is -3.30. The van der Waals surface area contributed by atoms with E-state index in [1.54, 1.807) is 29.1 Å². The van der Waals surface area contributed by atoms with Gasteiger partial charge in [0.25, 0.3) is 0 Å². The van der Waals surface area contributed by atoms with Crippen molar-refractivity contribution in [3.05, 3.63) is 65.9 Å². The van der Waals surface area contributed by atoms with Crippen LogP contribution in [0.15, 0.2) is 64.6 Å². The van der Waals surface area contributed by atoms with Gasteiger partial charge in [0.15, 0.2) is 15.7 Å². The Bertz CT molecular complexity index is 1250. The van der Waals surface area contributed by atoms with E-state index in [1.807, 2.05) is 19.2 Å². The van der Waals surface area contributed by atoms with Crippen molar-refractivity contribution in [1.29, 1.82) is 0 Å². The van der Waals surface area contributed by atoms with Crippen LogP contribution in [0.25, 0.3) is 22.9 Å². The maximum absolute atomic E-state index is 11.9. The van der Waals surface area contributed by atoms with Gasteiger partial charge in [-0.1, -0.05) is 36.4 Å². The van der Waals surface area contributed by atoms with E-state index >= 15 is 0 Å². The van der Waals surface area contributed by atoms with Gasteiger partial charge in [-0.25, -0.2) is 18.1 Å². The molecule has 0 amide bonds. The van der Waals surface area contributed by atoms with Crippen LogP contribution in [0.5, 0.6) is 0 Å². The van der Waals surface area contributed by atoms with Crippen molar-refractivity contribution in [3.8, 4) is 11.1 Å². The third-order valence-corrected chi connectivity index (χ3v) is 7.09. The molecule has 6 nitrogen and oxygen atoms in total. The zero-order valence-corrected chi connectivity index (χ0v) is 19.3. The van der Waals surface area contributed by atoms with Crippen molar-refractivity contribution in [1.82, 2.24) is 15.1 Å². The summed E-state index contributed by atoms with van der Waals surface area (Å²) in [5, 5.41) is 7.88. The number of benzene rings is 2. The van der Waals surface area contributed by atoms with E-state index < -0.39 is 9.84 Å². The van der Waals surface area contributed by atoms with Crippen LogP contribution in [0.3, 0.4) is 0 Å². The van der Waals surface area contributed by atoms with Gasteiger partial charge in [0.05, 0.1) is 11.1 Å². The van der Waals surface area contributed by atoms with Crippen LogP contribution in [0, 0.1) is 0 Å². The van der Waals surface area contributed by atoms with E-state index in [0.717, 1.165) is 35.4 Å². The number of sulfone groups is 1. The second-order valence-electron chi connectivity index (χ2n) is 8.24. The maximum atomic E-state index is 11.9. The Morgan fingerprint density at radius 1 is 1.19 bits per heavy atom. The van der Waals surface area contributed by atoms with Crippen LogP contribution in [0.4, 0.5) is 5.82 Å². The Balaban J connectivity index is 1.62. The summed E-state index contributed by atoms with van der Waals surface area (Å²) < 4.78 is 25.6. The molecule has 166 valence electrons. The van der Waals surface area contributed by atoms with Gasteiger partial charge in [0.1, 0.15) is 0 Å². The molecule has 7 heteroatoms. The smallest absolute Gasteiger partial charge is 0.175 e. The molecule has 32 heavy (non-hydrogen) atoms. The molecule has 3 aromatic rings. The molecule has 0 bridgehead atoms. The Kier molecular flexibility index (Phi) is 6.39. The van der Waals surface area contributed by atoms with Gasteiger partial charge >= 0.3 is 0 Å². The highest BCUT2D eigenvalue weighted by Gasteiger charge is 2.16. The van der Waals surface area contributed by atoms with Crippen LogP contribution < -0.4 is 5.32 Å². The van der Waals surface area contributed by atoms with Gasteiger partial charge in [-0.2, -0.15) is 5.10 Å². The van der Waals surface area contributed by atoms with Crippen LogP contribution in [-0.2, 0) is 9.84 Å². The summed E-state index contributed by atoms with van der Waals surface area (Å²) in [6, 6.07) is 15.6. The van der Waals surface area contributed by atoms with Gasteiger partial charge in [-0.3, -0.25) is 0 Å². The highest BCUT2D eigenvalue weighted by Crippen LogP contribution is 2.32. The largest absolute Gasteiger partial charge is 0.317 e. The van der Waals surface area contributed by atoms with Crippen molar-refractivity contribution >= 4 is 34.1 Å². The molecule has 1 N–H and O–H groups in total. The Morgan fingerprint density at radius 3 is 2.56 bits per heavy atom. The quantitative estimate of drug-likeness (QED) is 0.551. The summed E-state index contributed by atoms with van der Waals surface area (Å²) in [5.74, 6) is 1.20. The summed E-state index contributed by atoms with van der Waals surface area (Å²) in [5.41, 5.74) is 5.03. The topological polar surface area (TPSA) is 76.3 Å². The number of nitrogens with one attached hydrogen (secondary N) is 1. The standard InChI is InChI=1S/C25H28N4O2S/c1-18(19-7-9-20(10-8-19)21-11-13-27-14-12-21)17-29-25(26-2)24(16-28-29)22-5-4-6-23(15-22)32(3,30)31/h4-10,15-17,21,27H,2,11-14H2,1,3H3/b18-17+. The summed E-state index contributed by atoms with van der Waals surface area (Å²) in [6.45, 7) is 7.90. The highest BCUT2D eigenvalue weighted by molar-refractivity contribution is 7.90. The minimum absolute atomic E-state index is 0.262. The average Bonchev–Trinajstić information content (AvgIpc) is 3.21. The maximum Gasteiger partial charge on any atom is 0.175 e. The first-order valence-corrected chi connectivity index (χ1v) is 12.6. The van der Waals surface area contributed by atoms with Crippen molar-refractivity contribution in [2.75, 3.05) is 19.3 Å². The first kappa shape index (κ1) is 22.2.